The maximum atomic E-state index is 9.74. The van der Waals surface area contributed by atoms with E-state index in [4.69, 9.17) is 0 Å². The highest BCUT2D eigenvalue weighted by Crippen LogP contribution is 2.31. The first-order valence-corrected chi connectivity index (χ1v) is 5.73. The van der Waals surface area contributed by atoms with E-state index >= 15 is 0 Å². The smallest absolute Gasteiger partial charge is 0.141 e. The number of rotatable bonds is 2. The third-order valence-electron chi connectivity index (χ3n) is 2.64. The number of nitrogens with zero attached hydrogens (tertiary/aromatic N) is 4. The Hall–Kier alpha value is -2.82. The van der Waals surface area contributed by atoms with Crippen LogP contribution in [0.25, 0.3) is 10.9 Å². The number of pyridine rings is 2. The number of hydrogen-bond acceptors (Lipinski definition) is 5. The number of fused-ring (bicyclic) bond motifs is 1. The van der Waals surface area contributed by atoms with Gasteiger partial charge in [-0.25, -0.2) is 0 Å². The van der Waals surface area contributed by atoms with Crippen molar-refractivity contribution in [2.45, 2.75) is 0 Å². The first kappa shape index (κ1) is 11.3. The van der Waals surface area contributed by atoms with Crippen LogP contribution in [0.2, 0.25) is 0 Å². The van der Waals surface area contributed by atoms with Crippen molar-refractivity contribution in [3.63, 3.8) is 0 Å². The summed E-state index contributed by atoms with van der Waals surface area (Å²) in [6, 6.07) is 10.5. The minimum atomic E-state index is 0.135. The molecule has 0 saturated carbocycles. The predicted molar refractivity (Wildman–Crippen MR) is 71.8 cm³/mol. The van der Waals surface area contributed by atoms with Gasteiger partial charge in [-0.05, 0) is 36.4 Å². The number of aromatic hydroxyl groups is 1. The lowest BCUT2D eigenvalue weighted by atomic mass is 10.2. The maximum Gasteiger partial charge on any atom is 0.141 e. The zero-order chi connectivity index (χ0) is 13.1. The molecular formula is C14H10N4O. The van der Waals surface area contributed by atoms with Gasteiger partial charge in [0, 0.05) is 17.8 Å². The molecule has 0 bridgehead atoms. The molecule has 0 aliphatic carbocycles. The van der Waals surface area contributed by atoms with E-state index in [1.54, 1.807) is 42.9 Å². The fourth-order valence-electron chi connectivity index (χ4n) is 1.75. The van der Waals surface area contributed by atoms with Crippen molar-refractivity contribution in [3.8, 4) is 5.75 Å². The van der Waals surface area contributed by atoms with E-state index in [2.05, 4.69) is 20.2 Å². The second-order valence-corrected chi connectivity index (χ2v) is 3.91. The quantitative estimate of drug-likeness (QED) is 0.704. The van der Waals surface area contributed by atoms with Gasteiger partial charge in [0.25, 0.3) is 0 Å². The highest BCUT2D eigenvalue weighted by Gasteiger charge is 2.05. The summed E-state index contributed by atoms with van der Waals surface area (Å²) in [6.45, 7) is 0. The third-order valence-corrected chi connectivity index (χ3v) is 2.64. The number of phenols is 1. The molecule has 0 saturated heterocycles. The van der Waals surface area contributed by atoms with Gasteiger partial charge < -0.3 is 5.11 Å². The minimum absolute atomic E-state index is 0.135. The summed E-state index contributed by atoms with van der Waals surface area (Å²) >= 11 is 0. The highest BCUT2D eigenvalue weighted by atomic mass is 16.3. The number of azo groups is 1. The Morgan fingerprint density at radius 3 is 2.68 bits per heavy atom. The molecule has 0 spiro atoms. The van der Waals surface area contributed by atoms with Crippen LogP contribution in [-0.4, -0.2) is 15.1 Å². The number of phenolic OH excluding ortho intramolecular Hbond substituents is 1. The van der Waals surface area contributed by atoms with Gasteiger partial charge in [0.2, 0.25) is 0 Å². The Kier molecular flexibility index (Phi) is 2.86. The van der Waals surface area contributed by atoms with Crippen LogP contribution in [0.5, 0.6) is 5.75 Å². The van der Waals surface area contributed by atoms with Crippen LogP contribution in [0.4, 0.5) is 11.4 Å². The molecule has 3 aromatic rings. The lowest BCUT2D eigenvalue weighted by molar-refractivity contribution is 0.480. The molecule has 92 valence electrons. The number of benzene rings is 1. The van der Waals surface area contributed by atoms with Gasteiger partial charge >= 0.3 is 0 Å². The van der Waals surface area contributed by atoms with Crippen LogP contribution in [0, 0.1) is 0 Å². The fourth-order valence-corrected chi connectivity index (χ4v) is 1.75. The first-order valence-electron chi connectivity index (χ1n) is 5.73. The normalized spacial score (nSPS) is 11.2. The van der Waals surface area contributed by atoms with Crippen molar-refractivity contribution >= 4 is 22.3 Å². The predicted octanol–water partition coefficient (Wildman–Crippen LogP) is 3.75. The molecule has 2 aromatic heterocycles. The molecule has 1 N–H and O–H groups in total. The second-order valence-electron chi connectivity index (χ2n) is 3.91. The molecule has 0 fully saturated rings. The number of aromatic nitrogens is 2. The first-order chi connectivity index (χ1) is 9.34. The summed E-state index contributed by atoms with van der Waals surface area (Å²) in [5.41, 5.74) is 1.85. The highest BCUT2D eigenvalue weighted by molar-refractivity contribution is 5.93. The van der Waals surface area contributed by atoms with Crippen molar-refractivity contribution in [3.05, 3.63) is 55.0 Å². The molecule has 5 nitrogen and oxygen atoms in total. The van der Waals surface area contributed by atoms with Gasteiger partial charge in [-0.3, -0.25) is 9.97 Å². The summed E-state index contributed by atoms with van der Waals surface area (Å²) in [5.74, 6) is 0.135. The summed E-state index contributed by atoms with van der Waals surface area (Å²) < 4.78 is 0. The van der Waals surface area contributed by atoms with Crippen LogP contribution in [0.3, 0.4) is 0 Å². The van der Waals surface area contributed by atoms with E-state index in [1.165, 1.54) is 0 Å². The molecule has 0 amide bonds. The lowest BCUT2D eigenvalue weighted by Gasteiger charge is -2.02. The van der Waals surface area contributed by atoms with E-state index in [-0.39, 0.29) is 5.75 Å². The van der Waals surface area contributed by atoms with Crippen LogP contribution in [0.15, 0.2) is 65.2 Å². The van der Waals surface area contributed by atoms with Crippen molar-refractivity contribution in [1.29, 1.82) is 0 Å². The van der Waals surface area contributed by atoms with Crippen LogP contribution in [-0.2, 0) is 0 Å². The van der Waals surface area contributed by atoms with Crippen molar-refractivity contribution in [2.24, 2.45) is 10.2 Å². The Balaban J connectivity index is 2.07. The average molecular weight is 250 g/mol. The van der Waals surface area contributed by atoms with E-state index < -0.39 is 0 Å². The van der Waals surface area contributed by atoms with Crippen LogP contribution >= 0.6 is 0 Å². The van der Waals surface area contributed by atoms with Crippen molar-refractivity contribution in [2.75, 3.05) is 0 Å². The Labute approximate surface area is 109 Å². The molecule has 0 unspecified atom stereocenters. The zero-order valence-corrected chi connectivity index (χ0v) is 9.93. The molecule has 19 heavy (non-hydrogen) atoms. The van der Waals surface area contributed by atoms with E-state index in [0.29, 0.717) is 16.9 Å². The fraction of sp³-hybridized carbons (Fsp3) is 0. The van der Waals surface area contributed by atoms with E-state index in [9.17, 15) is 5.11 Å². The minimum Gasteiger partial charge on any atom is -0.506 e. The zero-order valence-electron chi connectivity index (χ0n) is 9.93. The van der Waals surface area contributed by atoms with Crippen LogP contribution < -0.4 is 0 Å². The van der Waals surface area contributed by atoms with Crippen molar-refractivity contribution < 1.29 is 5.11 Å². The van der Waals surface area contributed by atoms with Gasteiger partial charge in [0.15, 0.2) is 0 Å². The average Bonchev–Trinajstić information content (AvgIpc) is 2.48. The summed E-state index contributed by atoms with van der Waals surface area (Å²) in [6.07, 6.45) is 4.94. The van der Waals surface area contributed by atoms with E-state index in [0.717, 1.165) is 5.39 Å². The summed E-state index contributed by atoms with van der Waals surface area (Å²) in [5, 5.41) is 18.8. The topological polar surface area (TPSA) is 70.7 Å². The van der Waals surface area contributed by atoms with Gasteiger partial charge in [-0.15, -0.1) is 10.2 Å². The Morgan fingerprint density at radius 1 is 0.947 bits per heavy atom. The SMILES string of the molecule is Oc1ccc(N=Nc2cccnc2)c2cccnc12. The number of hydrogen-bond donors (Lipinski definition) is 1. The third kappa shape index (κ3) is 2.26. The van der Waals surface area contributed by atoms with Gasteiger partial charge in [0.1, 0.15) is 17.0 Å². The summed E-state index contributed by atoms with van der Waals surface area (Å²) in [7, 11) is 0. The molecule has 0 aliphatic heterocycles. The van der Waals surface area contributed by atoms with Gasteiger partial charge in [0.05, 0.1) is 11.9 Å². The van der Waals surface area contributed by atoms with Gasteiger partial charge in [-0.2, -0.15) is 0 Å². The lowest BCUT2D eigenvalue weighted by Crippen LogP contribution is -1.79. The molecule has 0 atom stereocenters. The molecule has 5 heteroatoms. The maximum absolute atomic E-state index is 9.74. The molecule has 2 heterocycles. The van der Waals surface area contributed by atoms with E-state index in [1.807, 2.05) is 12.1 Å². The molecule has 0 radical (unpaired) electrons. The largest absolute Gasteiger partial charge is 0.506 e. The Morgan fingerprint density at radius 2 is 1.84 bits per heavy atom. The monoisotopic (exact) mass is 250 g/mol. The molecule has 3 rings (SSSR count). The molecular weight excluding hydrogens is 240 g/mol. The van der Waals surface area contributed by atoms with Gasteiger partial charge in [-0.1, -0.05) is 0 Å². The van der Waals surface area contributed by atoms with Crippen molar-refractivity contribution in [1.82, 2.24) is 9.97 Å². The molecule has 1 aromatic carbocycles. The standard InChI is InChI=1S/C14H10N4O/c19-13-6-5-12(11-4-2-8-16-14(11)13)18-17-10-3-1-7-15-9-10/h1-9,19H. The second kappa shape index (κ2) is 4.81. The summed E-state index contributed by atoms with van der Waals surface area (Å²) in [4.78, 5) is 8.10. The molecule has 0 aliphatic rings. The Bertz CT molecular complexity index is 741. The van der Waals surface area contributed by atoms with Crippen LogP contribution in [0.1, 0.15) is 0 Å².